The second-order valence-electron chi connectivity index (χ2n) is 46.5. The second kappa shape index (κ2) is 38.0. The lowest BCUT2D eigenvalue weighted by molar-refractivity contribution is -0.250. The predicted octanol–water partition coefficient (Wildman–Crippen LogP) is 19.1. The first-order valence-corrected chi connectivity index (χ1v) is 50.0. The molecule has 17 nitrogen and oxygen atoms in total. The van der Waals surface area contributed by atoms with E-state index in [1.54, 1.807) is 0 Å². The summed E-state index contributed by atoms with van der Waals surface area (Å²) < 4.78 is 39.3. The van der Waals surface area contributed by atoms with E-state index in [0.29, 0.717) is 117 Å². The third-order valence-corrected chi connectivity index (χ3v) is 39.5. The lowest BCUT2D eigenvalue weighted by Gasteiger charge is -2.64. The summed E-state index contributed by atoms with van der Waals surface area (Å²) in [7, 11) is 0. The number of hydrogen-bond donors (Lipinski definition) is 7. The molecule has 0 aromatic heterocycles. The summed E-state index contributed by atoms with van der Waals surface area (Å²) in [5.74, 6) is 4.48. The number of ether oxygens (including phenoxy) is 6. The zero-order valence-electron chi connectivity index (χ0n) is 78.3. The fraction of sp³-hybridized carbons (Fsp3) is 0.780. The maximum absolute atomic E-state index is 14.8. The van der Waals surface area contributed by atoms with Crippen molar-refractivity contribution >= 4 is 23.5 Å². The van der Waals surface area contributed by atoms with Crippen LogP contribution in [-0.2, 0) is 67.4 Å². The molecule has 3 aliphatic heterocycles. The van der Waals surface area contributed by atoms with Gasteiger partial charge < -0.3 is 64.2 Å². The van der Waals surface area contributed by atoms with Crippen molar-refractivity contribution < 1.29 is 83.3 Å². The number of carbonyl (C=O) groups excluding carboxylic acids is 4. The van der Waals surface area contributed by atoms with Gasteiger partial charge in [-0.05, 0) is 290 Å². The number of fused-ring (bicyclic) bond motifs is 15. The van der Waals surface area contributed by atoms with Crippen LogP contribution in [0.15, 0.2) is 103 Å². The van der Waals surface area contributed by atoms with E-state index in [9.17, 15) is 54.9 Å². The van der Waals surface area contributed by atoms with Gasteiger partial charge in [0, 0.05) is 55.3 Å². The van der Waals surface area contributed by atoms with Crippen LogP contribution in [0.2, 0.25) is 0 Å². The molecule has 0 radical (unpaired) electrons. The highest BCUT2D eigenvalue weighted by molar-refractivity contribution is 5.97. The lowest BCUT2D eigenvalue weighted by Crippen LogP contribution is -2.66. The van der Waals surface area contributed by atoms with Crippen molar-refractivity contribution in [3.63, 3.8) is 0 Å². The highest BCUT2D eigenvalue weighted by atomic mass is 16.6. The molecular formula is C109H162O17. The zero-order chi connectivity index (χ0) is 89.1. The highest BCUT2D eigenvalue weighted by Crippen LogP contribution is 2.73. The minimum atomic E-state index is -0.941. The monoisotopic (exact) mass is 1740 g/mol. The van der Waals surface area contributed by atoms with E-state index in [4.69, 9.17) is 28.4 Å². The van der Waals surface area contributed by atoms with E-state index in [1.807, 2.05) is 18.2 Å². The molecule has 126 heavy (non-hydrogen) atoms. The van der Waals surface area contributed by atoms with Gasteiger partial charge in [0.2, 0.25) is 0 Å². The Hall–Kier alpha value is -4.76. The Kier molecular flexibility index (Phi) is 28.9. The molecule has 0 bridgehead atoms. The van der Waals surface area contributed by atoms with Gasteiger partial charge in [0.05, 0.1) is 80.9 Å². The van der Waals surface area contributed by atoms with Crippen LogP contribution < -0.4 is 0 Å². The van der Waals surface area contributed by atoms with E-state index < -0.39 is 36.8 Å². The molecule has 15 aliphatic rings. The van der Waals surface area contributed by atoms with E-state index in [0.717, 1.165) is 127 Å². The molecule has 7 N–H and O–H groups in total. The van der Waals surface area contributed by atoms with Gasteiger partial charge >= 0.3 is 11.9 Å². The van der Waals surface area contributed by atoms with E-state index in [-0.39, 0.29) is 177 Å². The van der Waals surface area contributed by atoms with Crippen LogP contribution in [0.25, 0.3) is 0 Å². The van der Waals surface area contributed by atoms with Crippen molar-refractivity contribution in [1.82, 2.24) is 0 Å². The standard InChI is InChI=1S/C50H62O6.C29H46O6.C29H50O5.CH4/c1-32(2)37-25-43(56-44(52)26-37)33(3)40-28-42(51)46-45-39(22-24-50(40,46)5)49(4)23-21-38(53-29-34-15-9-6-10-16-34)27-41(49)47(54-30-35-17-11-7-12-18-35)48(45)55-31-36-19-13-8-14-20-36;1-14(2)16-10-22(35-23(32)11-16)15(3)19-13-21(31)25-24-18(7-9-29(19,25)5)28(4)8-6-17(30)12-20(28)26(33)27(24)34;1-15(2)17-12-23(34-24(31)13-17)16(3)19-6-7-20-25-21(9-11-28(19,20)4)29(5)10-8-18(30)14-22(29)26(32)27(25)33;/h6-20,28,32-33,37-39,41,43,45-48H,21-27,29-31H2,1-5H3;14-20,22,24-27,30,33-34H,6-13H2,1-5H3;15-27,30-33H,6-14H2,1-5H3;1H4/t33?,37?,38-,39?,41?,43?,45?,46?,47-,48-,49-,50-;15?,16?,17-,18?,19?,20?,22?,24?,25?,26-,27-,28-,29-;16?,17?,18-,19?,20?,21?,22?,23?,24?,25?,26-,27-,28-,29-;/m111./s1. The number of benzene rings is 3. The van der Waals surface area contributed by atoms with Crippen LogP contribution in [0, 0.1) is 169 Å². The summed E-state index contributed by atoms with van der Waals surface area (Å²) in [4.78, 5) is 53.9. The number of ketones is 2. The van der Waals surface area contributed by atoms with Gasteiger partial charge in [-0.3, -0.25) is 19.2 Å². The van der Waals surface area contributed by atoms with Crippen molar-refractivity contribution in [3.05, 3.63) is 119 Å². The van der Waals surface area contributed by atoms with E-state index in [1.165, 1.54) is 17.6 Å². The van der Waals surface area contributed by atoms with Gasteiger partial charge in [0.25, 0.3) is 0 Å². The van der Waals surface area contributed by atoms with Gasteiger partial charge in [0.1, 0.15) is 18.0 Å². The average Bonchev–Trinajstić information content (AvgIpc) is 1.42. The third kappa shape index (κ3) is 17.7. The average molecular weight is 1740 g/mol. The molecule has 14 fully saturated rings. The molecule has 3 heterocycles. The topological polar surface area (TPSA) is 265 Å². The summed E-state index contributed by atoms with van der Waals surface area (Å²) in [5.41, 5.74) is 3.91. The SMILES string of the molecule is C.CC(C)C1CC(=O)OC(C(C)C2=CC(=O)C3C4C(CC[C@]23C)[C@@]2(C)CC[C@@H](OCc3ccccc3)CC2[C@@H](OCc2ccccc2)[C@@H]4OCc2ccccc2)C1.CC(C)C1CC(=O)OC(C(C)C2CC(=O)C3C4C(CC[C@]23C)[C@@]2(C)CC[C@@H](O)CC2[C@@H](O)[C@@H]4O)C1.CC(C)C1CC(O)OC(C(C)C2CCC3C4C(CC[C@]23C)[C@@]2(C)CC[C@@H](O)CC2[C@@H](O)[C@@H]4O)C1. The Bertz CT molecular complexity index is 4230. The molecule has 700 valence electrons. The number of aliphatic hydroxyl groups is 7. The molecule has 3 aromatic rings. The van der Waals surface area contributed by atoms with Crippen molar-refractivity contribution in [3.8, 4) is 0 Å². The van der Waals surface area contributed by atoms with Gasteiger partial charge in [-0.1, -0.05) is 208 Å². The summed E-state index contributed by atoms with van der Waals surface area (Å²) in [6.07, 6.45) is 17.2. The Morgan fingerprint density at radius 3 is 1.39 bits per heavy atom. The zero-order valence-corrected chi connectivity index (χ0v) is 78.3. The van der Waals surface area contributed by atoms with Crippen molar-refractivity contribution in [2.45, 2.75) is 365 Å². The lowest BCUT2D eigenvalue weighted by atomic mass is 9.43. The fourth-order valence-corrected chi connectivity index (χ4v) is 32.1. The first-order valence-electron chi connectivity index (χ1n) is 50.0. The van der Waals surface area contributed by atoms with Crippen LogP contribution >= 0.6 is 0 Å². The summed E-state index contributed by atoms with van der Waals surface area (Å²) in [6, 6.07) is 31.4. The number of rotatable bonds is 18. The Labute approximate surface area is 755 Å². The quantitative estimate of drug-likeness (QED) is 0.0584. The molecule has 0 amide bonds. The number of esters is 2. The Morgan fingerprint density at radius 1 is 0.389 bits per heavy atom. The molecular weight excluding hydrogens is 1580 g/mol. The largest absolute Gasteiger partial charge is 0.462 e. The van der Waals surface area contributed by atoms with Gasteiger partial charge in [-0.15, -0.1) is 0 Å². The Balaban J connectivity index is 0.000000152. The molecule has 11 saturated carbocycles. The number of Topliss-reactive ketones (excluding diaryl/α,β-unsaturated/α-hetero) is 1. The van der Waals surface area contributed by atoms with Gasteiger partial charge in [0.15, 0.2) is 12.1 Å². The molecule has 17 heteroatoms. The van der Waals surface area contributed by atoms with Crippen LogP contribution in [0.4, 0.5) is 0 Å². The van der Waals surface area contributed by atoms with Crippen LogP contribution in [0.5, 0.6) is 0 Å². The van der Waals surface area contributed by atoms with Gasteiger partial charge in [-0.2, -0.15) is 0 Å². The predicted molar refractivity (Wildman–Crippen MR) is 487 cm³/mol. The smallest absolute Gasteiger partial charge is 0.306 e. The second-order valence-corrected chi connectivity index (χ2v) is 46.5. The molecule has 39 atom stereocenters. The normalized spacial score (nSPS) is 45.9. The summed E-state index contributed by atoms with van der Waals surface area (Å²) in [5, 5.41) is 76.5. The molecule has 12 aliphatic carbocycles. The first-order chi connectivity index (χ1) is 59.4. The fourth-order valence-electron chi connectivity index (χ4n) is 32.1. The van der Waals surface area contributed by atoms with Crippen LogP contribution in [-0.4, -0.2) is 139 Å². The minimum Gasteiger partial charge on any atom is -0.462 e. The number of carbonyl (C=O) groups is 4. The number of cyclic esters (lactones) is 2. The maximum Gasteiger partial charge on any atom is 0.306 e. The Morgan fingerprint density at radius 2 is 0.833 bits per heavy atom. The highest BCUT2D eigenvalue weighted by Gasteiger charge is 2.72. The van der Waals surface area contributed by atoms with E-state index in [2.05, 4.69) is 183 Å². The van der Waals surface area contributed by atoms with E-state index >= 15 is 0 Å². The van der Waals surface area contributed by atoms with Crippen molar-refractivity contribution in [2.24, 2.45) is 169 Å². The molecule has 0 spiro atoms. The molecule has 24 unspecified atom stereocenters. The first kappa shape index (κ1) is 95.8. The number of hydrogen-bond acceptors (Lipinski definition) is 17. The van der Waals surface area contributed by atoms with Crippen LogP contribution in [0.1, 0.15) is 282 Å². The summed E-state index contributed by atoms with van der Waals surface area (Å²) >= 11 is 0. The van der Waals surface area contributed by atoms with Crippen molar-refractivity contribution in [1.29, 1.82) is 0 Å². The van der Waals surface area contributed by atoms with Gasteiger partial charge in [-0.25, -0.2) is 0 Å². The van der Waals surface area contributed by atoms with Crippen LogP contribution in [0.3, 0.4) is 0 Å². The third-order valence-electron chi connectivity index (χ3n) is 39.5. The minimum absolute atomic E-state index is 0. The maximum atomic E-state index is 14.8. The molecule has 18 rings (SSSR count). The molecule has 3 saturated heterocycles. The number of allylic oxidation sites excluding steroid dienone is 1. The molecule has 3 aromatic carbocycles. The van der Waals surface area contributed by atoms with Crippen molar-refractivity contribution in [2.75, 3.05) is 0 Å². The number of aliphatic hydroxyl groups excluding tert-OH is 7. The summed E-state index contributed by atoms with van der Waals surface area (Å²) in [6.45, 7) is 35.6.